The zero-order valence-electron chi connectivity index (χ0n) is 14.1. The summed E-state index contributed by atoms with van der Waals surface area (Å²) in [4.78, 5) is 24.9. The van der Waals surface area contributed by atoms with Crippen LogP contribution in [0.5, 0.6) is 0 Å². The van der Waals surface area contributed by atoms with Gasteiger partial charge in [0.15, 0.2) is 11.9 Å². The summed E-state index contributed by atoms with van der Waals surface area (Å²) < 4.78 is 10.0. The number of esters is 1. The van der Waals surface area contributed by atoms with E-state index in [1.165, 1.54) is 24.2 Å². The minimum absolute atomic E-state index is 0.143. The monoisotopic (exact) mass is 348 g/mol. The molecule has 24 heavy (non-hydrogen) atoms. The highest BCUT2D eigenvalue weighted by Gasteiger charge is 2.19. The van der Waals surface area contributed by atoms with E-state index in [0.717, 1.165) is 10.5 Å². The van der Waals surface area contributed by atoms with Crippen molar-refractivity contribution in [1.82, 2.24) is 5.16 Å². The van der Waals surface area contributed by atoms with E-state index in [1.807, 2.05) is 26.0 Å². The zero-order valence-corrected chi connectivity index (χ0v) is 14.9. The van der Waals surface area contributed by atoms with Crippen LogP contribution in [0.2, 0.25) is 0 Å². The Hall–Kier alpha value is -2.28. The molecule has 1 aromatic carbocycles. The quantitative estimate of drug-likeness (QED) is 0.637. The summed E-state index contributed by atoms with van der Waals surface area (Å²) >= 11 is 1.39. The average molecular weight is 348 g/mol. The fourth-order valence-electron chi connectivity index (χ4n) is 2.04. The van der Waals surface area contributed by atoms with Crippen LogP contribution < -0.4 is 5.32 Å². The highest BCUT2D eigenvalue weighted by molar-refractivity contribution is 8.00. The molecule has 0 saturated carbocycles. The number of nitrogens with zero attached hydrogens (tertiary/aromatic N) is 1. The van der Waals surface area contributed by atoms with E-state index >= 15 is 0 Å². The van der Waals surface area contributed by atoms with Crippen molar-refractivity contribution in [2.24, 2.45) is 0 Å². The molecule has 6 nitrogen and oxygen atoms in total. The Kier molecular flexibility index (Phi) is 6.03. The smallest absolute Gasteiger partial charge is 0.317 e. The lowest BCUT2D eigenvalue weighted by Crippen LogP contribution is -2.30. The van der Waals surface area contributed by atoms with Gasteiger partial charge in [-0.15, -0.1) is 11.8 Å². The fraction of sp³-hybridized carbons (Fsp3) is 0.353. The summed E-state index contributed by atoms with van der Waals surface area (Å²) in [5.41, 5.74) is 2.29. The third kappa shape index (κ3) is 5.13. The van der Waals surface area contributed by atoms with E-state index in [2.05, 4.69) is 16.5 Å². The number of aromatic nitrogens is 1. The van der Waals surface area contributed by atoms with Gasteiger partial charge in [0, 0.05) is 11.0 Å². The van der Waals surface area contributed by atoms with E-state index in [9.17, 15) is 9.59 Å². The van der Waals surface area contributed by atoms with Crippen molar-refractivity contribution >= 4 is 29.5 Å². The summed E-state index contributed by atoms with van der Waals surface area (Å²) in [6.07, 6.45) is -0.908. The standard InChI is InChI=1S/C17H20N2O4S/c1-10-5-6-14(11(2)7-10)24-9-16(20)22-13(4)17(21)18-15-8-12(3)23-19-15/h5-8,13H,9H2,1-4H3,(H,18,19,21)/t13-/m0/s1. The summed E-state index contributed by atoms with van der Waals surface area (Å²) in [7, 11) is 0. The molecule has 0 aliphatic carbocycles. The first kappa shape index (κ1) is 18.1. The molecule has 0 aliphatic rings. The lowest BCUT2D eigenvalue weighted by Gasteiger charge is -2.12. The molecule has 0 aliphatic heterocycles. The summed E-state index contributed by atoms with van der Waals surface area (Å²) in [6.45, 7) is 7.25. The average Bonchev–Trinajstić information content (AvgIpc) is 2.91. The van der Waals surface area contributed by atoms with Gasteiger partial charge < -0.3 is 14.6 Å². The number of ether oxygens (including phenoxy) is 1. The van der Waals surface area contributed by atoms with Crippen molar-refractivity contribution in [3.8, 4) is 0 Å². The molecule has 1 aromatic heterocycles. The Morgan fingerprint density at radius 2 is 2.04 bits per heavy atom. The van der Waals surface area contributed by atoms with E-state index in [-0.39, 0.29) is 5.75 Å². The van der Waals surface area contributed by atoms with Crippen LogP contribution in [0.15, 0.2) is 33.7 Å². The van der Waals surface area contributed by atoms with Gasteiger partial charge >= 0.3 is 5.97 Å². The zero-order chi connectivity index (χ0) is 17.7. The van der Waals surface area contributed by atoms with Crippen LogP contribution in [0.4, 0.5) is 5.82 Å². The van der Waals surface area contributed by atoms with Gasteiger partial charge in [-0.25, -0.2) is 0 Å². The van der Waals surface area contributed by atoms with Crippen LogP contribution in [0.1, 0.15) is 23.8 Å². The molecule has 1 amide bonds. The molecule has 0 radical (unpaired) electrons. The first-order valence-corrected chi connectivity index (χ1v) is 8.47. The molecule has 0 unspecified atom stereocenters. The number of thioether (sulfide) groups is 1. The lowest BCUT2D eigenvalue weighted by molar-refractivity contribution is -0.150. The highest BCUT2D eigenvalue weighted by Crippen LogP contribution is 2.23. The molecule has 0 spiro atoms. The Morgan fingerprint density at radius 1 is 1.29 bits per heavy atom. The number of benzene rings is 1. The maximum atomic E-state index is 11.9. The molecule has 0 bridgehead atoms. The number of hydrogen-bond donors (Lipinski definition) is 1. The van der Waals surface area contributed by atoms with Gasteiger partial charge in [-0.3, -0.25) is 9.59 Å². The maximum absolute atomic E-state index is 11.9. The Bertz CT molecular complexity index is 742. The van der Waals surface area contributed by atoms with E-state index < -0.39 is 18.0 Å². The maximum Gasteiger partial charge on any atom is 0.317 e. The second-order valence-electron chi connectivity index (χ2n) is 5.50. The highest BCUT2D eigenvalue weighted by atomic mass is 32.2. The number of anilines is 1. The first-order chi connectivity index (χ1) is 11.3. The van der Waals surface area contributed by atoms with Gasteiger partial charge in [-0.2, -0.15) is 0 Å². The second kappa shape index (κ2) is 8.01. The number of carbonyl (C=O) groups is 2. The molecule has 2 aromatic rings. The Balaban J connectivity index is 1.81. The summed E-state index contributed by atoms with van der Waals surface area (Å²) in [6, 6.07) is 7.62. The van der Waals surface area contributed by atoms with Crippen molar-refractivity contribution < 1.29 is 18.8 Å². The predicted octanol–water partition coefficient (Wildman–Crippen LogP) is 3.26. The molecule has 7 heteroatoms. The van der Waals surface area contributed by atoms with Crippen LogP contribution in [0, 0.1) is 20.8 Å². The van der Waals surface area contributed by atoms with Crippen molar-refractivity contribution in [2.45, 2.75) is 38.7 Å². The van der Waals surface area contributed by atoms with E-state index in [1.54, 1.807) is 13.0 Å². The van der Waals surface area contributed by atoms with Gasteiger partial charge in [0.25, 0.3) is 5.91 Å². The largest absolute Gasteiger partial charge is 0.452 e. The van der Waals surface area contributed by atoms with E-state index in [4.69, 9.17) is 9.26 Å². The third-order valence-corrected chi connectivity index (χ3v) is 4.38. The van der Waals surface area contributed by atoms with Crippen LogP contribution in [-0.4, -0.2) is 28.9 Å². The van der Waals surface area contributed by atoms with Crippen molar-refractivity contribution in [3.05, 3.63) is 41.2 Å². The molecule has 0 saturated heterocycles. The second-order valence-corrected chi connectivity index (χ2v) is 6.52. The SMILES string of the molecule is Cc1ccc(SCC(=O)O[C@@H](C)C(=O)Nc2cc(C)on2)c(C)c1. The molecule has 128 valence electrons. The van der Waals surface area contributed by atoms with Gasteiger partial charge in [-0.05, 0) is 39.3 Å². The lowest BCUT2D eigenvalue weighted by atomic mass is 10.2. The van der Waals surface area contributed by atoms with Crippen LogP contribution in [-0.2, 0) is 14.3 Å². The molecule has 1 atom stereocenters. The summed E-state index contributed by atoms with van der Waals surface area (Å²) in [5, 5.41) is 6.19. The molecular formula is C17H20N2O4S. The number of hydrogen-bond acceptors (Lipinski definition) is 6. The predicted molar refractivity (Wildman–Crippen MR) is 92.1 cm³/mol. The minimum atomic E-state index is -0.908. The Labute approximate surface area is 144 Å². The number of carbonyl (C=O) groups excluding carboxylic acids is 2. The summed E-state index contributed by atoms with van der Waals surface area (Å²) in [5.74, 6) is 0.127. The third-order valence-electron chi connectivity index (χ3n) is 3.23. The molecule has 2 rings (SSSR count). The van der Waals surface area contributed by atoms with Crippen LogP contribution >= 0.6 is 11.8 Å². The van der Waals surface area contributed by atoms with Gasteiger partial charge in [0.2, 0.25) is 0 Å². The molecule has 1 N–H and O–H groups in total. The van der Waals surface area contributed by atoms with Gasteiger partial charge in [0.05, 0.1) is 5.75 Å². The van der Waals surface area contributed by atoms with Crippen molar-refractivity contribution in [3.63, 3.8) is 0 Å². The minimum Gasteiger partial charge on any atom is -0.452 e. The van der Waals surface area contributed by atoms with Crippen molar-refractivity contribution in [2.75, 3.05) is 11.1 Å². The first-order valence-electron chi connectivity index (χ1n) is 7.49. The van der Waals surface area contributed by atoms with Gasteiger partial charge in [0.1, 0.15) is 5.76 Å². The molecule has 0 fully saturated rings. The van der Waals surface area contributed by atoms with Crippen LogP contribution in [0.3, 0.4) is 0 Å². The molecular weight excluding hydrogens is 328 g/mol. The number of amides is 1. The Morgan fingerprint density at radius 3 is 2.67 bits per heavy atom. The number of rotatable bonds is 6. The number of nitrogens with one attached hydrogen (secondary N) is 1. The normalized spacial score (nSPS) is 11.8. The number of aryl methyl sites for hydroxylation is 3. The van der Waals surface area contributed by atoms with Crippen molar-refractivity contribution in [1.29, 1.82) is 0 Å². The fourth-order valence-corrected chi connectivity index (χ4v) is 2.83. The van der Waals surface area contributed by atoms with Gasteiger partial charge in [-0.1, -0.05) is 22.9 Å². The topological polar surface area (TPSA) is 81.4 Å². The molecule has 1 heterocycles. The van der Waals surface area contributed by atoms with E-state index in [0.29, 0.717) is 11.6 Å². The van der Waals surface area contributed by atoms with Crippen LogP contribution in [0.25, 0.3) is 0 Å².